The Hall–Kier alpha value is -6.74. The van der Waals surface area contributed by atoms with E-state index in [-0.39, 0.29) is 106 Å². The lowest BCUT2D eigenvalue weighted by Crippen LogP contribution is -2.70. The fraction of sp³-hybridized carbons (Fsp3) is 0.690. The van der Waals surface area contributed by atoms with Gasteiger partial charge >= 0.3 is 17.9 Å². The number of ether oxygens (including phenoxy) is 6. The molecule has 4 aliphatic carbocycles. The van der Waals surface area contributed by atoms with Crippen LogP contribution >= 0.6 is 0 Å². The first kappa shape index (κ1) is 76.6. The molecule has 4 saturated carbocycles. The van der Waals surface area contributed by atoms with Crippen molar-refractivity contribution in [3.63, 3.8) is 0 Å². The van der Waals surface area contributed by atoms with E-state index in [1.165, 1.54) is 0 Å². The van der Waals surface area contributed by atoms with E-state index in [2.05, 4.69) is 60.5 Å². The number of hydrogen-bond donors (Lipinski definition) is 3. The van der Waals surface area contributed by atoms with E-state index in [1.807, 2.05) is 85.4 Å². The van der Waals surface area contributed by atoms with Gasteiger partial charge in [-0.3, -0.25) is 43.6 Å². The molecule has 4 bridgehead atoms. The van der Waals surface area contributed by atoms with Crippen molar-refractivity contribution in [1.82, 2.24) is 49.8 Å². The van der Waals surface area contributed by atoms with Crippen LogP contribution in [0.15, 0.2) is 42.5 Å². The van der Waals surface area contributed by atoms with Gasteiger partial charge in [-0.2, -0.15) is 5.10 Å². The molecule has 5 fully saturated rings. The number of methoxy groups -OCH3 is 2. The Bertz CT molecular complexity index is 3020. The first-order chi connectivity index (χ1) is 45.6. The summed E-state index contributed by atoms with van der Waals surface area (Å²) in [5.74, 6) is -0.602. The van der Waals surface area contributed by atoms with Crippen LogP contribution in [0.25, 0.3) is 16.9 Å². The summed E-state index contributed by atoms with van der Waals surface area (Å²) in [7, 11) is 9.12. The number of anilines is 1. The number of carboxylic acid groups (broad SMARTS) is 1. The Morgan fingerprint density at radius 2 is 1.22 bits per heavy atom. The third kappa shape index (κ3) is 22.1. The highest BCUT2D eigenvalue weighted by Gasteiger charge is 2.62. The summed E-state index contributed by atoms with van der Waals surface area (Å²) >= 11 is 0. The molecule has 0 radical (unpaired) electrons. The van der Waals surface area contributed by atoms with Gasteiger partial charge in [-0.15, -0.1) is 0 Å². The standard InChI is InChI=1S/C71H111N11O14/c1-50(2)56-44-55(19-20-58(56)82-59(66-60(91-12)17-14-18-61(66)92-13)45-57(74-82)67(88)73-71(68(89)90)53-40-51-39-52(42-53)43-54(71)41-51)76(10)24-15-22-75(9)23-16-25-77(11)63(85)49-94-38-37-93-36-21-72-62(84)46-79-28-26-78(34-35-83)27-29-80(47-64(86)95-69(3,4)5)32-33-81(31-30-79)48-65(87)96-70(6,7)8/h14,17-20,35,44-45,50-54H,15-16,21-34,36-43,46-49H2,1-13H3,(H,72,84)(H,73,88)(H,89,90). The maximum absolute atomic E-state index is 14.6. The zero-order valence-electron chi connectivity index (χ0n) is 59.6. The highest BCUT2D eigenvalue weighted by atomic mass is 16.6. The number of carboxylic acids is 1. The van der Waals surface area contributed by atoms with Crippen molar-refractivity contribution in [1.29, 1.82) is 0 Å². The average Bonchev–Trinajstić information content (AvgIpc) is 0.812. The Morgan fingerprint density at radius 1 is 0.688 bits per heavy atom. The molecule has 25 nitrogen and oxygen atoms in total. The van der Waals surface area contributed by atoms with E-state index < -0.39 is 28.6 Å². The number of esters is 2. The molecule has 1 saturated heterocycles. The van der Waals surface area contributed by atoms with Gasteiger partial charge in [0.1, 0.15) is 41.1 Å². The predicted octanol–water partition coefficient (Wildman–Crippen LogP) is 5.55. The van der Waals surface area contributed by atoms with E-state index in [1.54, 1.807) is 36.9 Å². The Balaban J connectivity index is 0.823. The number of benzene rings is 2. The Labute approximate surface area is 569 Å². The molecule has 3 amide bonds. The number of aldehydes is 1. The van der Waals surface area contributed by atoms with Gasteiger partial charge < -0.3 is 63.7 Å². The number of nitrogens with one attached hydrogen (secondary N) is 2. The lowest BCUT2D eigenvalue weighted by Gasteiger charge is -2.59. The van der Waals surface area contributed by atoms with Gasteiger partial charge in [0, 0.05) is 91.8 Å². The van der Waals surface area contributed by atoms with Crippen molar-refractivity contribution in [2.24, 2.45) is 23.7 Å². The van der Waals surface area contributed by atoms with Crippen LogP contribution in [-0.2, 0) is 47.7 Å². The van der Waals surface area contributed by atoms with Crippen molar-refractivity contribution >= 4 is 47.6 Å². The van der Waals surface area contributed by atoms with E-state index >= 15 is 0 Å². The minimum Gasteiger partial charge on any atom is -0.496 e. The quantitative estimate of drug-likeness (QED) is 0.0384. The molecule has 3 aromatic rings. The number of nitrogens with zero attached hydrogens (tertiary/aromatic N) is 9. The zero-order valence-corrected chi connectivity index (χ0v) is 59.6. The molecule has 5 aliphatic rings. The largest absolute Gasteiger partial charge is 0.496 e. The summed E-state index contributed by atoms with van der Waals surface area (Å²) in [6, 6.07) is 13.5. The smallest absolute Gasteiger partial charge is 0.330 e. The van der Waals surface area contributed by atoms with Crippen molar-refractivity contribution in [3.8, 4) is 28.4 Å². The number of hydrogen-bond acceptors (Lipinski definition) is 20. The summed E-state index contributed by atoms with van der Waals surface area (Å²) < 4.78 is 36.2. The van der Waals surface area contributed by atoms with Crippen molar-refractivity contribution in [2.45, 2.75) is 123 Å². The molecule has 8 rings (SSSR count). The van der Waals surface area contributed by atoms with E-state index in [4.69, 9.17) is 33.5 Å². The first-order valence-corrected chi connectivity index (χ1v) is 34.4. The minimum atomic E-state index is -1.34. The zero-order chi connectivity index (χ0) is 69.9. The second-order valence-electron chi connectivity index (χ2n) is 28.9. The maximum atomic E-state index is 14.6. The third-order valence-corrected chi connectivity index (χ3v) is 18.9. The molecule has 0 unspecified atom stereocenters. The summed E-state index contributed by atoms with van der Waals surface area (Å²) in [5.41, 5.74) is 1.47. The van der Waals surface area contributed by atoms with E-state index in [0.717, 1.165) is 87.8 Å². The lowest BCUT2D eigenvalue weighted by molar-refractivity contribution is -0.163. The number of likely N-dealkylation sites (N-methyl/N-ethyl adjacent to an activating group) is 1. The van der Waals surface area contributed by atoms with Crippen LogP contribution in [0, 0.1) is 23.7 Å². The average molecular weight is 1340 g/mol. The number of carbonyl (C=O) groups excluding carboxylic acids is 6. The minimum absolute atomic E-state index is 0.0414. The van der Waals surface area contributed by atoms with Crippen LogP contribution in [0.5, 0.6) is 11.5 Å². The lowest BCUT2D eigenvalue weighted by atomic mass is 9.48. The highest BCUT2D eigenvalue weighted by molar-refractivity contribution is 5.98. The molecule has 96 heavy (non-hydrogen) atoms. The fourth-order valence-electron chi connectivity index (χ4n) is 14.2. The van der Waals surface area contributed by atoms with Crippen molar-refractivity contribution in [2.75, 3.05) is 178 Å². The van der Waals surface area contributed by atoms with Gasteiger partial charge in [-0.1, -0.05) is 19.9 Å². The van der Waals surface area contributed by atoms with Crippen molar-refractivity contribution in [3.05, 3.63) is 53.7 Å². The van der Waals surface area contributed by atoms with Crippen LogP contribution < -0.4 is 25.0 Å². The second kappa shape index (κ2) is 35.7. The number of carbonyl (C=O) groups is 7. The molecular weight excluding hydrogens is 1230 g/mol. The fourth-order valence-corrected chi connectivity index (χ4v) is 14.2. The molecule has 0 spiro atoms. The monoisotopic (exact) mass is 1340 g/mol. The van der Waals surface area contributed by atoms with Crippen LogP contribution in [0.3, 0.4) is 0 Å². The van der Waals surface area contributed by atoms with Crippen LogP contribution in [-0.4, -0.2) is 276 Å². The highest BCUT2D eigenvalue weighted by Crippen LogP contribution is 2.58. The summed E-state index contributed by atoms with van der Waals surface area (Å²) in [6.07, 6.45) is 6.93. The van der Waals surface area contributed by atoms with Crippen LogP contribution in [0.4, 0.5) is 5.69 Å². The topological polar surface area (TPSA) is 260 Å². The third-order valence-electron chi connectivity index (χ3n) is 18.9. The van der Waals surface area contributed by atoms with E-state index in [9.17, 15) is 38.7 Å². The first-order valence-electron chi connectivity index (χ1n) is 34.4. The maximum Gasteiger partial charge on any atom is 0.330 e. The number of aromatic nitrogens is 2. The predicted molar refractivity (Wildman–Crippen MR) is 367 cm³/mol. The SMILES string of the molecule is COc1cccc(OC)c1-c1cc(C(=O)NC2(C(=O)O)C3CC4CC(C3)CC2C4)nn1-c1ccc(N(C)CCCN(C)CCCN(C)C(=O)COCCOCCNC(=O)CN2CCN(CC=O)CCN(CC(=O)OC(C)(C)C)CCN(CC(=O)OC(C)(C)C)CC2)cc1C(C)C. The van der Waals surface area contributed by atoms with Gasteiger partial charge in [0.15, 0.2) is 5.69 Å². The van der Waals surface area contributed by atoms with Crippen LogP contribution in [0.1, 0.15) is 122 Å². The second-order valence-corrected chi connectivity index (χ2v) is 28.9. The molecule has 2 heterocycles. The summed E-state index contributed by atoms with van der Waals surface area (Å²) in [6.45, 7) is 23.3. The molecule has 2 aromatic carbocycles. The molecule has 3 N–H and O–H groups in total. The van der Waals surface area contributed by atoms with Crippen molar-refractivity contribution < 1.29 is 67.1 Å². The molecule has 25 heteroatoms. The number of amides is 3. The summed E-state index contributed by atoms with van der Waals surface area (Å²) in [4.78, 5) is 106. The van der Waals surface area contributed by atoms with Gasteiger partial charge in [-0.05, 0) is 178 Å². The van der Waals surface area contributed by atoms with Gasteiger partial charge in [0.05, 0.1) is 77.2 Å². The molecule has 1 aliphatic heterocycles. The molecule has 1 aromatic heterocycles. The Morgan fingerprint density at radius 3 is 1.74 bits per heavy atom. The van der Waals surface area contributed by atoms with Crippen LogP contribution in [0.2, 0.25) is 0 Å². The normalized spacial score (nSPS) is 20.7. The van der Waals surface area contributed by atoms with E-state index in [0.29, 0.717) is 93.5 Å². The van der Waals surface area contributed by atoms with Gasteiger partial charge in [0.25, 0.3) is 5.91 Å². The number of rotatable bonds is 33. The van der Waals surface area contributed by atoms with Gasteiger partial charge in [-0.25, -0.2) is 9.48 Å². The van der Waals surface area contributed by atoms with Gasteiger partial charge in [0.2, 0.25) is 11.8 Å². The molecular formula is C71H111N11O14. The molecule has 0 atom stereocenters. The molecule has 534 valence electrons. The Kier molecular flexibility index (Phi) is 28.5. The summed E-state index contributed by atoms with van der Waals surface area (Å²) in [5, 5.41) is 21.9. The number of aliphatic carboxylic acids is 1.